The van der Waals surface area contributed by atoms with Gasteiger partial charge in [-0.05, 0) is 31.4 Å². The third kappa shape index (κ3) is 4.08. The number of hydrogen-bond donors (Lipinski definition) is 3. The van der Waals surface area contributed by atoms with Crippen molar-refractivity contribution in [2.75, 3.05) is 0 Å². The Morgan fingerprint density at radius 3 is 2.15 bits per heavy atom. The number of nitrogens with one attached hydrogen (secondary N) is 1. The SMILES string of the molecule is Cc1cccc(C)c1C(=O)N[C@@H](CCC(=O)O)C(=O)O. The van der Waals surface area contributed by atoms with E-state index in [4.69, 9.17) is 10.2 Å². The first-order valence-electron chi connectivity index (χ1n) is 6.14. The molecule has 0 aliphatic rings. The maximum absolute atomic E-state index is 12.1. The van der Waals surface area contributed by atoms with Crippen LogP contribution in [0.4, 0.5) is 0 Å². The van der Waals surface area contributed by atoms with Crippen molar-refractivity contribution in [3.8, 4) is 0 Å². The number of carboxylic acids is 2. The van der Waals surface area contributed by atoms with Crippen molar-refractivity contribution >= 4 is 17.8 Å². The average molecular weight is 279 g/mol. The van der Waals surface area contributed by atoms with E-state index in [1.165, 1.54) is 0 Å². The molecule has 108 valence electrons. The highest BCUT2D eigenvalue weighted by atomic mass is 16.4. The molecular formula is C14H17NO5. The van der Waals surface area contributed by atoms with Crippen LogP contribution in [-0.2, 0) is 9.59 Å². The number of carbonyl (C=O) groups excluding carboxylic acids is 1. The molecule has 0 saturated carbocycles. The molecule has 0 bridgehead atoms. The Morgan fingerprint density at radius 1 is 1.15 bits per heavy atom. The van der Waals surface area contributed by atoms with Gasteiger partial charge < -0.3 is 15.5 Å². The molecule has 0 aliphatic carbocycles. The van der Waals surface area contributed by atoms with Crippen LogP contribution in [0.5, 0.6) is 0 Å². The zero-order valence-electron chi connectivity index (χ0n) is 11.3. The summed E-state index contributed by atoms with van der Waals surface area (Å²) in [5.41, 5.74) is 1.91. The molecule has 0 radical (unpaired) electrons. The summed E-state index contributed by atoms with van der Waals surface area (Å²) in [5, 5.41) is 20.0. The third-order valence-electron chi connectivity index (χ3n) is 2.96. The third-order valence-corrected chi connectivity index (χ3v) is 2.96. The van der Waals surface area contributed by atoms with Gasteiger partial charge >= 0.3 is 11.9 Å². The normalized spacial score (nSPS) is 11.7. The van der Waals surface area contributed by atoms with Crippen LogP contribution in [0.3, 0.4) is 0 Å². The number of hydrogen-bond acceptors (Lipinski definition) is 3. The molecule has 6 heteroatoms. The zero-order valence-corrected chi connectivity index (χ0v) is 11.3. The molecule has 3 N–H and O–H groups in total. The quantitative estimate of drug-likeness (QED) is 0.729. The topological polar surface area (TPSA) is 104 Å². The predicted octanol–water partition coefficient (Wildman–Crippen LogP) is 1.35. The van der Waals surface area contributed by atoms with Crippen molar-refractivity contribution in [2.24, 2.45) is 0 Å². The van der Waals surface area contributed by atoms with Crippen molar-refractivity contribution in [2.45, 2.75) is 32.7 Å². The molecule has 1 aromatic rings. The first-order valence-corrected chi connectivity index (χ1v) is 6.14. The molecule has 0 fully saturated rings. The van der Waals surface area contributed by atoms with Crippen molar-refractivity contribution in [3.05, 3.63) is 34.9 Å². The predicted molar refractivity (Wildman–Crippen MR) is 71.7 cm³/mol. The molecule has 1 aromatic carbocycles. The molecule has 0 aromatic heterocycles. The lowest BCUT2D eigenvalue weighted by molar-refractivity contribution is -0.140. The number of aliphatic carboxylic acids is 2. The van der Waals surface area contributed by atoms with Crippen LogP contribution < -0.4 is 5.32 Å². The summed E-state index contributed by atoms with van der Waals surface area (Å²) >= 11 is 0. The van der Waals surface area contributed by atoms with E-state index in [9.17, 15) is 14.4 Å². The number of rotatable bonds is 6. The number of aryl methyl sites for hydroxylation is 2. The van der Waals surface area contributed by atoms with Gasteiger partial charge in [-0.25, -0.2) is 4.79 Å². The monoisotopic (exact) mass is 279 g/mol. The van der Waals surface area contributed by atoms with Gasteiger partial charge in [-0.15, -0.1) is 0 Å². The molecule has 0 aliphatic heterocycles. The van der Waals surface area contributed by atoms with Crippen LogP contribution in [0.15, 0.2) is 18.2 Å². The van der Waals surface area contributed by atoms with Gasteiger partial charge in [0.25, 0.3) is 5.91 Å². The molecule has 0 heterocycles. The molecule has 20 heavy (non-hydrogen) atoms. The van der Waals surface area contributed by atoms with Crippen LogP contribution in [0.1, 0.15) is 34.3 Å². The molecule has 1 rings (SSSR count). The van der Waals surface area contributed by atoms with Crippen molar-refractivity contribution in [1.29, 1.82) is 0 Å². The van der Waals surface area contributed by atoms with Crippen LogP contribution in [0.25, 0.3) is 0 Å². The van der Waals surface area contributed by atoms with Crippen LogP contribution >= 0.6 is 0 Å². The summed E-state index contributed by atoms with van der Waals surface area (Å²) in [5.74, 6) is -2.85. The van der Waals surface area contributed by atoms with Crippen molar-refractivity contribution < 1.29 is 24.6 Å². The van der Waals surface area contributed by atoms with E-state index in [0.29, 0.717) is 5.56 Å². The van der Waals surface area contributed by atoms with Gasteiger partial charge in [0, 0.05) is 12.0 Å². The van der Waals surface area contributed by atoms with E-state index in [2.05, 4.69) is 5.32 Å². The molecule has 0 unspecified atom stereocenters. The van der Waals surface area contributed by atoms with E-state index in [1.54, 1.807) is 32.0 Å². The second-order valence-electron chi connectivity index (χ2n) is 4.56. The summed E-state index contributed by atoms with van der Waals surface area (Å²) in [4.78, 5) is 33.6. The molecule has 0 saturated heterocycles. The maximum atomic E-state index is 12.1. The van der Waals surface area contributed by atoms with Gasteiger partial charge in [0.15, 0.2) is 0 Å². The second-order valence-corrected chi connectivity index (χ2v) is 4.56. The standard InChI is InChI=1S/C14H17NO5/c1-8-4-3-5-9(2)12(8)13(18)15-10(14(19)20)6-7-11(16)17/h3-5,10H,6-7H2,1-2H3,(H,15,18)(H,16,17)(H,19,20)/t10-/m0/s1. The maximum Gasteiger partial charge on any atom is 0.326 e. The lowest BCUT2D eigenvalue weighted by atomic mass is 10.0. The minimum Gasteiger partial charge on any atom is -0.481 e. The van der Waals surface area contributed by atoms with E-state index < -0.39 is 23.9 Å². The minimum atomic E-state index is -1.24. The van der Waals surface area contributed by atoms with Gasteiger partial charge in [-0.1, -0.05) is 18.2 Å². The Balaban J connectivity index is 2.86. The number of carboxylic acid groups (broad SMARTS) is 2. The number of amides is 1. The Morgan fingerprint density at radius 2 is 1.70 bits per heavy atom. The van der Waals surface area contributed by atoms with Crippen LogP contribution in [-0.4, -0.2) is 34.1 Å². The highest BCUT2D eigenvalue weighted by molar-refractivity contribution is 5.99. The Labute approximate surface area is 116 Å². The molecule has 1 amide bonds. The summed E-state index contributed by atoms with van der Waals surface area (Å²) < 4.78 is 0. The number of carbonyl (C=O) groups is 3. The fraction of sp³-hybridized carbons (Fsp3) is 0.357. The highest BCUT2D eigenvalue weighted by Crippen LogP contribution is 2.13. The first-order chi connectivity index (χ1) is 9.32. The van der Waals surface area contributed by atoms with Crippen molar-refractivity contribution in [1.82, 2.24) is 5.32 Å². The smallest absolute Gasteiger partial charge is 0.326 e. The van der Waals surface area contributed by atoms with E-state index >= 15 is 0 Å². The van der Waals surface area contributed by atoms with Gasteiger partial charge in [0.05, 0.1) is 0 Å². The largest absolute Gasteiger partial charge is 0.481 e. The summed E-state index contributed by atoms with van der Waals surface area (Å²) in [6, 6.07) is 4.11. The molecular weight excluding hydrogens is 262 g/mol. The minimum absolute atomic E-state index is 0.151. The zero-order chi connectivity index (χ0) is 15.3. The molecule has 0 spiro atoms. The molecule has 1 atom stereocenters. The first kappa shape index (κ1) is 15.7. The van der Waals surface area contributed by atoms with Crippen LogP contribution in [0.2, 0.25) is 0 Å². The van der Waals surface area contributed by atoms with Gasteiger partial charge in [0.2, 0.25) is 0 Å². The fourth-order valence-electron chi connectivity index (χ4n) is 1.93. The summed E-state index contributed by atoms with van der Waals surface area (Å²) in [7, 11) is 0. The Hall–Kier alpha value is -2.37. The molecule has 6 nitrogen and oxygen atoms in total. The highest BCUT2D eigenvalue weighted by Gasteiger charge is 2.22. The van der Waals surface area contributed by atoms with Gasteiger partial charge in [-0.3, -0.25) is 9.59 Å². The van der Waals surface area contributed by atoms with Gasteiger partial charge in [0.1, 0.15) is 6.04 Å². The lowest BCUT2D eigenvalue weighted by Crippen LogP contribution is -2.41. The van der Waals surface area contributed by atoms with E-state index in [1.807, 2.05) is 0 Å². The average Bonchev–Trinajstić information content (AvgIpc) is 2.33. The van der Waals surface area contributed by atoms with Crippen molar-refractivity contribution in [3.63, 3.8) is 0 Å². The van der Waals surface area contributed by atoms with Crippen LogP contribution in [0, 0.1) is 13.8 Å². The number of benzene rings is 1. The van der Waals surface area contributed by atoms with E-state index in [-0.39, 0.29) is 12.8 Å². The van der Waals surface area contributed by atoms with E-state index in [0.717, 1.165) is 11.1 Å². The second kappa shape index (κ2) is 6.70. The Kier molecular flexibility index (Phi) is 5.25. The Bertz CT molecular complexity index is 518. The fourth-order valence-corrected chi connectivity index (χ4v) is 1.93. The summed E-state index contributed by atoms with van der Waals surface area (Å²) in [6.07, 6.45) is -0.467. The van der Waals surface area contributed by atoms with Gasteiger partial charge in [-0.2, -0.15) is 0 Å². The lowest BCUT2D eigenvalue weighted by Gasteiger charge is -2.15. The summed E-state index contributed by atoms with van der Waals surface area (Å²) in [6.45, 7) is 3.52.